The standard InChI is InChI=1S/C19H23NO4S/c1-14-5-6-15(2)19(13-14)24-12-11-20(4)25(22,23)18-9-7-17(8-10-18)16(3)21/h5-10,13H,11-12H2,1-4H3. The van der Waals surface area contributed by atoms with Crippen LogP contribution >= 0.6 is 0 Å². The molecule has 0 aliphatic rings. The van der Waals surface area contributed by atoms with Crippen LogP contribution in [0.1, 0.15) is 28.4 Å². The second-order valence-electron chi connectivity index (χ2n) is 6.02. The third-order valence-electron chi connectivity index (χ3n) is 3.98. The molecule has 25 heavy (non-hydrogen) atoms. The van der Waals surface area contributed by atoms with Gasteiger partial charge in [0, 0.05) is 19.2 Å². The number of ketones is 1. The van der Waals surface area contributed by atoms with Crippen molar-refractivity contribution in [2.75, 3.05) is 20.2 Å². The highest BCUT2D eigenvalue weighted by Crippen LogP contribution is 2.20. The molecule has 0 saturated carbocycles. The van der Waals surface area contributed by atoms with Crippen LogP contribution in [-0.4, -0.2) is 38.7 Å². The van der Waals surface area contributed by atoms with Gasteiger partial charge in [0.15, 0.2) is 5.78 Å². The van der Waals surface area contributed by atoms with Crippen LogP contribution in [0.4, 0.5) is 0 Å². The fourth-order valence-electron chi connectivity index (χ4n) is 2.31. The van der Waals surface area contributed by atoms with E-state index >= 15 is 0 Å². The number of carbonyl (C=O) groups excluding carboxylic acids is 1. The minimum atomic E-state index is -3.61. The van der Waals surface area contributed by atoms with Crippen molar-refractivity contribution in [1.82, 2.24) is 4.31 Å². The van der Waals surface area contributed by atoms with Crippen LogP contribution in [-0.2, 0) is 10.0 Å². The number of carbonyl (C=O) groups is 1. The van der Waals surface area contributed by atoms with Crippen LogP contribution < -0.4 is 4.74 Å². The van der Waals surface area contributed by atoms with E-state index in [1.807, 2.05) is 32.0 Å². The van der Waals surface area contributed by atoms with Gasteiger partial charge in [-0.15, -0.1) is 0 Å². The van der Waals surface area contributed by atoms with Crippen LogP contribution in [0.3, 0.4) is 0 Å². The first kappa shape index (κ1) is 19.1. The smallest absolute Gasteiger partial charge is 0.242 e. The molecule has 2 aromatic rings. The van der Waals surface area contributed by atoms with Crippen molar-refractivity contribution in [3.8, 4) is 5.75 Å². The second-order valence-corrected chi connectivity index (χ2v) is 8.07. The molecular formula is C19H23NO4S. The lowest BCUT2D eigenvalue weighted by atomic mass is 10.1. The zero-order valence-electron chi connectivity index (χ0n) is 14.9. The van der Waals surface area contributed by atoms with Gasteiger partial charge in [-0.3, -0.25) is 4.79 Å². The molecule has 0 fully saturated rings. The van der Waals surface area contributed by atoms with E-state index in [4.69, 9.17) is 4.74 Å². The van der Waals surface area contributed by atoms with Crippen molar-refractivity contribution in [2.24, 2.45) is 0 Å². The van der Waals surface area contributed by atoms with Crippen molar-refractivity contribution < 1.29 is 17.9 Å². The van der Waals surface area contributed by atoms with Crippen molar-refractivity contribution in [1.29, 1.82) is 0 Å². The van der Waals surface area contributed by atoms with E-state index in [1.54, 1.807) is 0 Å². The molecule has 134 valence electrons. The minimum absolute atomic E-state index is 0.0979. The lowest BCUT2D eigenvalue weighted by molar-refractivity contribution is 0.101. The van der Waals surface area contributed by atoms with Crippen LogP contribution in [0.5, 0.6) is 5.75 Å². The number of sulfonamides is 1. The summed E-state index contributed by atoms with van der Waals surface area (Å²) in [5, 5.41) is 0. The molecule has 0 atom stereocenters. The maximum Gasteiger partial charge on any atom is 0.242 e. The molecule has 0 bridgehead atoms. The highest BCUT2D eigenvalue weighted by Gasteiger charge is 2.20. The molecule has 0 spiro atoms. The monoisotopic (exact) mass is 361 g/mol. The summed E-state index contributed by atoms with van der Waals surface area (Å²) >= 11 is 0. The Bertz CT molecular complexity index is 857. The van der Waals surface area contributed by atoms with E-state index in [0.717, 1.165) is 16.9 Å². The SMILES string of the molecule is CC(=O)c1ccc(S(=O)(=O)N(C)CCOc2cc(C)ccc2C)cc1. The zero-order chi connectivity index (χ0) is 18.6. The molecule has 2 aromatic carbocycles. The Kier molecular flexibility index (Phi) is 5.98. The van der Waals surface area contributed by atoms with Gasteiger partial charge in [-0.2, -0.15) is 4.31 Å². The Morgan fingerprint density at radius 1 is 1.08 bits per heavy atom. The number of Topliss-reactive ketones (excluding diaryl/α,β-unsaturated/α-hetero) is 1. The predicted molar refractivity (Wildman–Crippen MR) is 97.7 cm³/mol. The van der Waals surface area contributed by atoms with Crippen molar-refractivity contribution in [3.05, 3.63) is 59.2 Å². The minimum Gasteiger partial charge on any atom is -0.492 e. The fourth-order valence-corrected chi connectivity index (χ4v) is 3.46. The summed E-state index contributed by atoms with van der Waals surface area (Å²) in [6, 6.07) is 11.9. The molecule has 0 aliphatic heterocycles. The van der Waals surface area contributed by atoms with E-state index in [-0.39, 0.29) is 23.8 Å². The number of rotatable bonds is 7. The lowest BCUT2D eigenvalue weighted by Gasteiger charge is -2.18. The lowest BCUT2D eigenvalue weighted by Crippen LogP contribution is -2.31. The van der Waals surface area contributed by atoms with E-state index in [2.05, 4.69) is 0 Å². The number of aryl methyl sites for hydroxylation is 2. The third kappa shape index (κ3) is 4.67. The molecule has 0 aliphatic carbocycles. The molecule has 2 rings (SSSR count). The number of nitrogens with zero attached hydrogens (tertiary/aromatic N) is 1. The van der Waals surface area contributed by atoms with Gasteiger partial charge in [0.2, 0.25) is 10.0 Å². The average molecular weight is 361 g/mol. The van der Waals surface area contributed by atoms with Crippen molar-refractivity contribution >= 4 is 15.8 Å². The number of benzene rings is 2. The Balaban J connectivity index is 2.02. The zero-order valence-corrected chi connectivity index (χ0v) is 15.8. The summed E-state index contributed by atoms with van der Waals surface area (Å²) in [6.45, 7) is 5.86. The summed E-state index contributed by atoms with van der Waals surface area (Å²) in [5.41, 5.74) is 2.59. The quantitative estimate of drug-likeness (QED) is 0.711. The summed E-state index contributed by atoms with van der Waals surface area (Å²) in [7, 11) is -2.10. The van der Waals surface area contributed by atoms with Crippen LogP contribution in [0, 0.1) is 13.8 Å². The molecule has 0 radical (unpaired) electrons. The van der Waals surface area contributed by atoms with Crippen LogP contribution in [0.15, 0.2) is 47.4 Å². The molecule has 5 nitrogen and oxygen atoms in total. The predicted octanol–water partition coefficient (Wildman–Crippen LogP) is 3.21. The summed E-state index contributed by atoms with van der Waals surface area (Å²) < 4.78 is 32.1. The number of likely N-dealkylation sites (N-methyl/N-ethyl adjacent to an activating group) is 1. The van der Waals surface area contributed by atoms with Gasteiger partial charge in [0.25, 0.3) is 0 Å². The second kappa shape index (κ2) is 7.80. The maximum absolute atomic E-state index is 12.6. The summed E-state index contributed by atoms with van der Waals surface area (Å²) in [5.74, 6) is 0.663. The molecular weight excluding hydrogens is 338 g/mol. The van der Waals surface area contributed by atoms with Gasteiger partial charge in [-0.1, -0.05) is 24.3 Å². The normalized spacial score (nSPS) is 11.6. The molecule has 0 aromatic heterocycles. The van der Waals surface area contributed by atoms with E-state index in [1.165, 1.54) is 42.5 Å². The van der Waals surface area contributed by atoms with E-state index < -0.39 is 10.0 Å². The molecule has 6 heteroatoms. The van der Waals surface area contributed by atoms with Crippen LogP contribution in [0.25, 0.3) is 0 Å². The first-order chi connectivity index (χ1) is 11.7. The topological polar surface area (TPSA) is 63.7 Å². The van der Waals surface area contributed by atoms with E-state index in [9.17, 15) is 13.2 Å². The van der Waals surface area contributed by atoms with Gasteiger partial charge in [0.1, 0.15) is 12.4 Å². The van der Waals surface area contributed by atoms with Crippen LogP contribution in [0.2, 0.25) is 0 Å². The highest BCUT2D eigenvalue weighted by molar-refractivity contribution is 7.89. The van der Waals surface area contributed by atoms with Gasteiger partial charge in [0.05, 0.1) is 4.90 Å². The first-order valence-electron chi connectivity index (χ1n) is 7.99. The van der Waals surface area contributed by atoms with Gasteiger partial charge in [-0.25, -0.2) is 8.42 Å². The number of hydrogen-bond acceptors (Lipinski definition) is 4. The molecule has 0 N–H and O–H groups in total. The summed E-state index contributed by atoms with van der Waals surface area (Å²) in [6.07, 6.45) is 0. The maximum atomic E-state index is 12.6. The molecule has 0 amide bonds. The largest absolute Gasteiger partial charge is 0.492 e. The Hall–Kier alpha value is -2.18. The molecule has 0 saturated heterocycles. The van der Waals surface area contributed by atoms with Gasteiger partial charge in [-0.05, 0) is 50.1 Å². The van der Waals surface area contributed by atoms with Gasteiger partial charge >= 0.3 is 0 Å². The Labute approximate surface area is 149 Å². The van der Waals surface area contributed by atoms with Gasteiger partial charge < -0.3 is 4.74 Å². The fraction of sp³-hybridized carbons (Fsp3) is 0.316. The number of hydrogen-bond donors (Lipinski definition) is 0. The first-order valence-corrected chi connectivity index (χ1v) is 9.43. The molecule has 0 heterocycles. The van der Waals surface area contributed by atoms with E-state index in [0.29, 0.717) is 5.56 Å². The van der Waals surface area contributed by atoms with Crippen molar-refractivity contribution in [2.45, 2.75) is 25.7 Å². The summed E-state index contributed by atoms with van der Waals surface area (Å²) in [4.78, 5) is 11.5. The Morgan fingerprint density at radius 2 is 1.72 bits per heavy atom. The highest BCUT2D eigenvalue weighted by atomic mass is 32.2. The van der Waals surface area contributed by atoms with Crippen molar-refractivity contribution in [3.63, 3.8) is 0 Å². The third-order valence-corrected chi connectivity index (χ3v) is 5.85. The molecule has 0 unspecified atom stereocenters. The number of ether oxygens (including phenoxy) is 1. The Morgan fingerprint density at radius 3 is 2.32 bits per heavy atom. The average Bonchev–Trinajstić information content (AvgIpc) is 2.57.